The number of amides is 1. The summed E-state index contributed by atoms with van der Waals surface area (Å²) in [5.41, 5.74) is 4.28. The topological polar surface area (TPSA) is 54.3 Å². The minimum Gasteiger partial charge on any atom is -0.340 e. The van der Waals surface area contributed by atoms with Gasteiger partial charge in [-0.3, -0.25) is 10.0 Å². The Bertz CT molecular complexity index is 792. The zero-order valence-corrected chi connectivity index (χ0v) is 11.7. The fraction of sp³-hybridized carbons (Fsp3) is 0.118. The van der Waals surface area contributed by atoms with Gasteiger partial charge in [0.1, 0.15) is 0 Å². The Hall–Kier alpha value is -2.59. The van der Waals surface area contributed by atoms with Crippen LogP contribution in [0.3, 0.4) is 0 Å². The maximum absolute atomic E-state index is 11.5. The van der Waals surface area contributed by atoms with Crippen LogP contribution in [0, 0.1) is 0 Å². The van der Waals surface area contributed by atoms with Crippen LogP contribution in [0.15, 0.2) is 60.8 Å². The molecule has 0 saturated carbocycles. The van der Waals surface area contributed by atoms with E-state index in [1.54, 1.807) is 17.6 Å². The molecule has 2 N–H and O–H groups in total. The van der Waals surface area contributed by atoms with E-state index in [0.717, 1.165) is 11.1 Å². The first-order chi connectivity index (χ1) is 10.2. The molecule has 0 fully saturated rings. The molecule has 0 bridgehead atoms. The molecule has 0 aliphatic carbocycles. The van der Waals surface area contributed by atoms with E-state index in [2.05, 4.69) is 29.7 Å². The Morgan fingerprint density at radius 3 is 2.76 bits per heavy atom. The third-order valence-electron chi connectivity index (χ3n) is 3.78. The highest BCUT2D eigenvalue weighted by molar-refractivity contribution is 5.93. The summed E-state index contributed by atoms with van der Waals surface area (Å²) in [5.74, 6) is -0.499. The van der Waals surface area contributed by atoms with Crippen LogP contribution in [0.4, 0.5) is 0 Å². The maximum Gasteiger partial charge on any atom is 0.274 e. The summed E-state index contributed by atoms with van der Waals surface area (Å²) in [6.07, 6.45) is 2.05. The molecule has 0 aliphatic heterocycles. The third-order valence-corrected chi connectivity index (χ3v) is 3.78. The number of nitrogens with zero attached hydrogens (tertiary/aromatic N) is 1. The van der Waals surface area contributed by atoms with E-state index in [1.807, 2.05) is 30.5 Å². The van der Waals surface area contributed by atoms with Gasteiger partial charge >= 0.3 is 0 Å². The van der Waals surface area contributed by atoms with Crippen LogP contribution in [-0.2, 0) is 0 Å². The minimum absolute atomic E-state index is 0.0938. The molecule has 1 aromatic heterocycles. The summed E-state index contributed by atoms with van der Waals surface area (Å²) in [4.78, 5) is 11.5. The van der Waals surface area contributed by atoms with Crippen LogP contribution in [-0.4, -0.2) is 15.7 Å². The predicted octanol–water partition coefficient (Wildman–Crippen LogP) is 3.37. The highest BCUT2D eigenvalue weighted by Crippen LogP contribution is 2.25. The largest absolute Gasteiger partial charge is 0.340 e. The van der Waals surface area contributed by atoms with E-state index in [0.29, 0.717) is 5.56 Å². The molecular weight excluding hydrogens is 264 g/mol. The van der Waals surface area contributed by atoms with Gasteiger partial charge in [-0.15, -0.1) is 0 Å². The van der Waals surface area contributed by atoms with Gasteiger partial charge in [-0.25, -0.2) is 5.48 Å². The molecule has 1 atom stereocenters. The average Bonchev–Trinajstić information content (AvgIpc) is 2.97. The smallest absolute Gasteiger partial charge is 0.274 e. The number of benzene rings is 2. The van der Waals surface area contributed by atoms with E-state index in [9.17, 15) is 4.79 Å². The van der Waals surface area contributed by atoms with Crippen LogP contribution >= 0.6 is 0 Å². The summed E-state index contributed by atoms with van der Waals surface area (Å²) in [5, 5.41) is 9.93. The highest BCUT2D eigenvalue weighted by atomic mass is 16.5. The van der Waals surface area contributed by atoms with E-state index in [4.69, 9.17) is 5.21 Å². The van der Waals surface area contributed by atoms with E-state index >= 15 is 0 Å². The predicted molar refractivity (Wildman–Crippen MR) is 81.4 cm³/mol. The second-order valence-corrected chi connectivity index (χ2v) is 5.02. The van der Waals surface area contributed by atoms with Crippen molar-refractivity contribution >= 4 is 16.8 Å². The van der Waals surface area contributed by atoms with Crippen molar-refractivity contribution < 1.29 is 10.0 Å². The molecular formula is C17H16N2O2. The van der Waals surface area contributed by atoms with Crippen molar-refractivity contribution in [2.75, 3.05) is 0 Å². The third kappa shape index (κ3) is 2.41. The SMILES string of the molecule is CC(c1cccc(C(=O)NO)c1)n1ccc2ccccc21. The van der Waals surface area contributed by atoms with Crippen molar-refractivity contribution in [2.24, 2.45) is 0 Å². The first-order valence-corrected chi connectivity index (χ1v) is 6.80. The van der Waals surface area contributed by atoms with Crippen LogP contribution in [0.25, 0.3) is 10.9 Å². The van der Waals surface area contributed by atoms with Crippen molar-refractivity contribution in [2.45, 2.75) is 13.0 Å². The van der Waals surface area contributed by atoms with Gasteiger partial charge in [0, 0.05) is 17.3 Å². The van der Waals surface area contributed by atoms with Gasteiger partial charge in [-0.1, -0.05) is 30.3 Å². The Kier molecular flexibility index (Phi) is 3.46. The molecule has 1 heterocycles. The highest BCUT2D eigenvalue weighted by Gasteiger charge is 2.12. The standard InChI is InChI=1S/C17H16N2O2/c1-12(14-6-4-7-15(11-14)17(20)18-21)19-10-9-13-5-2-3-8-16(13)19/h2-12,21H,1H3,(H,18,20). The monoisotopic (exact) mass is 280 g/mol. The molecule has 3 aromatic rings. The number of hydroxylamine groups is 1. The molecule has 4 heteroatoms. The van der Waals surface area contributed by atoms with Crippen molar-refractivity contribution in [3.05, 3.63) is 71.9 Å². The number of nitrogens with one attached hydrogen (secondary N) is 1. The van der Waals surface area contributed by atoms with Gasteiger partial charge in [0.25, 0.3) is 5.91 Å². The molecule has 1 amide bonds. The van der Waals surface area contributed by atoms with Gasteiger partial charge in [0.15, 0.2) is 0 Å². The molecule has 106 valence electrons. The lowest BCUT2D eigenvalue weighted by atomic mass is 10.0. The molecule has 0 spiro atoms. The van der Waals surface area contributed by atoms with Crippen molar-refractivity contribution in [3.8, 4) is 0 Å². The van der Waals surface area contributed by atoms with E-state index in [1.165, 1.54) is 5.39 Å². The first kappa shape index (κ1) is 13.4. The minimum atomic E-state index is -0.499. The fourth-order valence-electron chi connectivity index (χ4n) is 2.61. The molecule has 1 unspecified atom stereocenters. The number of carbonyl (C=O) groups is 1. The van der Waals surface area contributed by atoms with Crippen molar-refractivity contribution in [3.63, 3.8) is 0 Å². The number of hydrogen-bond donors (Lipinski definition) is 2. The molecule has 0 saturated heterocycles. The molecule has 3 rings (SSSR count). The summed E-state index contributed by atoms with van der Waals surface area (Å²) < 4.78 is 2.17. The fourth-order valence-corrected chi connectivity index (χ4v) is 2.61. The molecule has 0 aliphatic rings. The summed E-state index contributed by atoms with van der Waals surface area (Å²) in [6, 6.07) is 17.6. The lowest BCUT2D eigenvalue weighted by molar-refractivity contribution is 0.0706. The summed E-state index contributed by atoms with van der Waals surface area (Å²) in [6.45, 7) is 2.09. The molecule has 21 heavy (non-hydrogen) atoms. The van der Waals surface area contributed by atoms with Crippen molar-refractivity contribution in [1.29, 1.82) is 0 Å². The van der Waals surface area contributed by atoms with Gasteiger partial charge in [0.2, 0.25) is 0 Å². The lowest BCUT2D eigenvalue weighted by Crippen LogP contribution is -2.19. The van der Waals surface area contributed by atoms with Gasteiger partial charge in [-0.2, -0.15) is 0 Å². The van der Waals surface area contributed by atoms with Crippen molar-refractivity contribution in [1.82, 2.24) is 10.0 Å². The first-order valence-electron chi connectivity index (χ1n) is 6.80. The Balaban J connectivity index is 2.02. The lowest BCUT2D eigenvalue weighted by Gasteiger charge is -2.16. The number of para-hydroxylation sites is 1. The maximum atomic E-state index is 11.5. The zero-order chi connectivity index (χ0) is 14.8. The van der Waals surface area contributed by atoms with Crippen LogP contribution < -0.4 is 5.48 Å². The summed E-state index contributed by atoms with van der Waals surface area (Å²) in [7, 11) is 0. The normalized spacial score (nSPS) is 12.3. The number of hydrogen-bond acceptors (Lipinski definition) is 2. The number of carbonyl (C=O) groups excluding carboxylic acids is 1. The van der Waals surface area contributed by atoms with Crippen LogP contribution in [0.1, 0.15) is 28.9 Å². The number of aromatic nitrogens is 1. The van der Waals surface area contributed by atoms with Gasteiger partial charge in [-0.05, 0) is 42.1 Å². The van der Waals surface area contributed by atoms with E-state index in [-0.39, 0.29) is 6.04 Å². The van der Waals surface area contributed by atoms with Gasteiger partial charge in [0.05, 0.1) is 6.04 Å². The second-order valence-electron chi connectivity index (χ2n) is 5.02. The quantitative estimate of drug-likeness (QED) is 0.571. The second kappa shape index (κ2) is 5.42. The summed E-state index contributed by atoms with van der Waals surface area (Å²) >= 11 is 0. The Morgan fingerprint density at radius 1 is 1.14 bits per heavy atom. The zero-order valence-electron chi connectivity index (χ0n) is 11.7. The molecule has 4 nitrogen and oxygen atoms in total. The average molecular weight is 280 g/mol. The van der Waals surface area contributed by atoms with Gasteiger partial charge < -0.3 is 4.57 Å². The number of rotatable bonds is 3. The molecule has 0 radical (unpaired) electrons. The number of fused-ring (bicyclic) bond motifs is 1. The van der Waals surface area contributed by atoms with Crippen LogP contribution in [0.5, 0.6) is 0 Å². The van der Waals surface area contributed by atoms with Crippen LogP contribution in [0.2, 0.25) is 0 Å². The Morgan fingerprint density at radius 2 is 1.95 bits per heavy atom. The van der Waals surface area contributed by atoms with E-state index < -0.39 is 5.91 Å². The molecule has 2 aromatic carbocycles. The Labute approximate surface area is 122 Å².